The van der Waals surface area contributed by atoms with Gasteiger partial charge in [-0.05, 0) is 95.9 Å². The molecule has 6 rings (SSSR count). The van der Waals surface area contributed by atoms with Gasteiger partial charge in [0.25, 0.3) is 0 Å². The lowest BCUT2D eigenvalue weighted by Gasteiger charge is -2.07. The highest BCUT2D eigenvalue weighted by Gasteiger charge is 2.09. The summed E-state index contributed by atoms with van der Waals surface area (Å²) in [4.78, 5) is 8.72. The van der Waals surface area contributed by atoms with Crippen LogP contribution in [0.4, 0.5) is 0 Å². The molecule has 0 aliphatic carbocycles. The van der Waals surface area contributed by atoms with Crippen molar-refractivity contribution in [2.45, 2.75) is 85.5 Å². The van der Waals surface area contributed by atoms with Crippen LogP contribution in [0.3, 0.4) is 0 Å². The molecular formula is C47H56BBrN2O2. The molecule has 0 fully saturated rings. The first kappa shape index (κ1) is 43.1. The van der Waals surface area contributed by atoms with Crippen molar-refractivity contribution >= 4 is 28.5 Å². The Morgan fingerprint density at radius 1 is 0.491 bits per heavy atom. The smallest absolute Gasteiger partial charge is 0.423 e. The molecule has 53 heavy (non-hydrogen) atoms. The molecule has 2 N–H and O–H groups in total. The molecule has 0 amide bonds. The Morgan fingerprint density at radius 2 is 0.981 bits per heavy atom. The van der Waals surface area contributed by atoms with Crippen molar-refractivity contribution in [3.63, 3.8) is 0 Å². The molecule has 0 atom stereocenters. The summed E-state index contributed by atoms with van der Waals surface area (Å²) >= 11 is 3.43. The summed E-state index contributed by atoms with van der Waals surface area (Å²) < 4.78 is 1.08. The lowest BCUT2D eigenvalue weighted by atomic mass is 9.80. The van der Waals surface area contributed by atoms with Crippen LogP contribution < -0.4 is 5.46 Å². The Bertz CT molecular complexity index is 1830. The van der Waals surface area contributed by atoms with Crippen molar-refractivity contribution in [1.29, 1.82) is 0 Å². The second-order valence-corrected chi connectivity index (χ2v) is 13.9. The zero-order chi connectivity index (χ0) is 36.8. The van der Waals surface area contributed by atoms with Gasteiger partial charge in [0.15, 0.2) is 0 Å². The molecule has 2 heterocycles. The fourth-order valence-electron chi connectivity index (χ4n) is 5.81. The van der Waals surface area contributed by atoms with Crippen LogP contribution in [0, 0.1) is 0 Å². The van der Waals surface area contributed by atoms with Crippen molar-refractivity contribution in [1.82, 2.24) is 9.97 Å². The Hall–Kier alpha value is -4.36. The van der Waals surface area contributed by atoms with Crippen LogP contribution in [0.1, 0.15) is 83.8 Å². The molecule has 0 saturated carbocycles. The zero-order valence-electron chi connectivity index (χ0n) is 30.7. The van der Waals surface area contributed by atoms with Gasteiger partial charge in [-0.2, -0.15) is 0 Å². The van der Waals surface area contributed by atoms with Gasteiger partial charge in [-0.1, -0.05) is 167 Å². The van der Waals surface area contributed by atoms with E-state index >= 15 is 0 Å². The number of aromatic nitrogens is 2. The van der Waals surface area contributed by atoms with Crippen LogP contribution in [-0.4, -0.2) is 27.1 Å². The molecule has 0 aliphatic rings. The number of nitrogens with zero attached hydrogens (tertiary/aromatic N) is 2. The van der Waals surface area contributed by atoms with E-state index in [-0.39, 0.29) is 7.43 Å². The van der Waals surface area contributed by atoms with E-state index in [2.05, 4.69) is 100 Å². The van der Waals surface area contributed by atoms with E-state index in [4.69, 9.17) is 10.0 Å². The van der Waals surface area contributed by atoms with Gasteiger partial charge in [0.1, 0.15) is 0 Å². The Morgan fingerprint density at radius 3 is 1.45 bits per heavy atom. The maximum Gasteiger partial charge on any atom is 0.488 e. The van der Waals surface area contributed by atoms with Gasteiger partial charge in [0.2, 0.25) is 0 Å². The molecule has 2 aromatic heterocycles. The number of hydrogen-bond donors (Lipinski definition) is 2. The molecule has 6 aromatic rings. The predicted molar refractivity (Wildman–Crippen MR) is 231 cm³/mol. The van der Waals surface area contributed by atoms with Crippen molar-refractivity contribution in [3.05, 3.63) is 161 Å². The second kappa shape index (κ2) is 24.8. The third-order valence-corrected chi connectivity index (χ3v) is 9.30. The maximum atomic E-state index is 8.92. The SMILES string of the molecule is Brc1cccc(-c2ccccn2)c1.C.CCCCCCc1ccc(-c2cccc(-c3ccccn3)c2)cc1.CCCCCCc1ccc(B(O)O)cc1. The number of unbranched alkanes of at least 4 members (excludes halogenated alkanes) is 6. The van der Waals surface area contributed by atoms with Crippen LogP contribution in [-0.2, 0) is 12.8 Å². The summed E-state index contributed by atoms with van der Waals surface area (Å²) in [5.74, 6) is 0. The first-order valence-electron chi connectivity index (χ1n) is 18.7. The minimum absolute atomic E-state index is 0. The lowest BCUT2D eigenvalue weighted by Crippen LogP contribution is -2.29. The van der Waals surface area contributed by atoms with E-state index < -0.39 is 7.12 Å². The second-order valence-electron chi connectivity index (χ2n) is 13.0. The van der Waals surface area contributed by atoms with E-state index in [1.54, 1.807) is 18.3 Å². The molecule has 0 spiro atoms. The van der Waals surface area contributed by atoms with Gasteiger partial charge in [0, 0.05) is 28.0 Å². The number of halogens is 1. The topological polar surface area (TPSA) is 66.2 Å². The van der Waals surface area contributed by atoms with E-state index in [1.807, 2.05) is 66.9 Å². The molecule has 4 aromatic carbocycles. The van der Waals surface area contributed by atoms with Gasteiger partial charge >= 0.3 is 7.12 Å². The van der Waals surface area contributed by atoms with E-state index in [9.17, 15) is 0 Å². The highest BCUT2D eigenvalue weighted by Crippen LogP contribution is 2.26. The molecule has 6 heteroatoms. The van der Waals surface area contributed by atoms with Crippen molar-refractivity contribution in [2.75, 3.05) is 0 Å². The average Bonchev–Trinajstić information content (AvgIpc) is 3.20. The molecule has 4 nitrogen and oxygen atoms in total. The summed E-state index contributed by atoms with van der Waals surface area (Å²) in [7, 11) is -1.35. The average molecular weight is 772 g/mol. The summed E-state index contributed by atoms with van der Waals surface area (Å²) in [6, 6.07) is 45.2. The highest BCUT2D eigenvalue weighted by molar-refractivity contribution is 9.10. The van der Waals surface area contributed by atoms with E-state index in [1.165, 1.54) is 80.0 Å². The third kappa shape index (κ3) is 15.6. The standard InChI is InChI=1S/C23H25N.C12H19BO2.C11H8BrN.CH4/c1-2-3-4-5-9-19-13-15-20(16-14-19)21-10-8-11-22(18-21)23-12-6-7-17-24-23;1-2-3-4-5-6-11-7-9-12(10-8-11)13(14)15;12-10-5-3-4-9(8-10)11-6-1-2-7-13-11;/h6-8,10-18H,2-5,9H2,1H3;7-10,14-15H,2-6H2,1H3;1-8H;1H4. The first-order valence-corrected chi connectivity index (χ1v) is 19.5. The Balaban J connectivity index is 0.000000226. The summed E-state index contributed by atoms with van der Waals surface area (Å²) in [5.41, 5.74) is 10.1. The van der Waals surface area contributed by atoms with E-state index in [0.717, 1.165) is 33.4 Å². The first-order chi connectivity index (χ1) is 25.5. The van der Waals surface area contributed by atoms with Gasteiger partial charge < -0.3 is 10.0 Å². The number of pyridine rings is 2. The number of hydrogen-bond acceptors (Lipinski definition) is 4. The van der Waals surface area contributed by atoms with Crippen molar-refractivity contribution < 1.29 is 10.0 Å². The molecule has 276 valence electrons. The molecule has 0 bridgehead atoms. The van der Waals surface area contributed by atoms with Gasteiger partial charge in [-0.15, -0.1) is 0 Å². The predicted octanol–water partition coefficient (Wildman–Crippen LogP) is 12.2. The van der Waals surface area contributed by atoms with Crippen molar-refractivity contribution in [2.24, 2.45) is 0 Å². The fourth-order valence-corrected chi connectivity index (χ4v) is 6.20. The third-order valence-electron chi connectivity index (χ3n) is 8.81. The monoisotopic (exact) mass is 770 g/mol. The van der Waals surface area contributed by atoms with E-state index in [0.29, 0.717) is 5.46 Å². The Labute approximate surface area is 327 Å². The number of benzene rings is 4. The van der Waals surface area contributed by atoms with Gasteiger partial charge in [-0.3, -0.25) is 9.97 Å². The van der Waals surface area contributed by atoms with Gasteiger partial charge in [0.05, 0.1) is 11.4 Å². The maximum absolute atomic E-state index is 8.92. The van der Waals surface area contributed by atoms with Crippen LogP contribution in [0.25, 0.3) is 33.6 Å². The molecule has 0 radical (unpaired) electrons. The minimum Gasteiger partial charge on any atom is -0.423 e. The molecular weight excluding hydrogens is 715 g/mol. The Kier molecular flexibility index (Phi) is 20.2. The normalized spacial score (nSPS) is 10.2. The minimum atomic E-state index is -1.35. The molecule has 0 saturated heterocycles. The lowest BCUT2D eigenvalue weighted by molar-refractivity contribution is 0.426. The molecule has 0 aliphatic heterocycles. The summed E-state index contributed by atoms with van der Waals surface area (Å²) in [6.45, 7) is 4.46. The largest absolute Gasteiger partial charge is 0.488 e. The van der Waals surface area contributed by atoms with Crippen LogP contribution in [0.2, 0.25) is 0 Å². The van der Waals surface area contributed by atoms with Crippen molar-refractivity contribution in [3.8, 4) is 33.6 Å². The number of aryl methyl sites for hydroxylation is 2. The van der Waals surface area contributed by atoms with Crippen LogP contribution in [0.15, 0.2) is 150 Å². The highest BCUT2D eigenvalue weighted by atomic mass is 79.9. The number of rotatable bonds is 14. The summed E-state index contributed by atoms with van der Waals surface area (Å²) in [5, 5.41) is 17.8. The zero-order valence-corrected chi connectivity index (χ0v) is 32.3. The quantitative estimate of drug-likeness (QED) is 0.0855. The van der Waals surface area contributed by atoms with Crippen LogP contribution >= 0.6 is 15.9 Å². The summed E-state index contributed by atoms with van der Waals surface area (Å²) in [6.07, 6.45) is 16.2. The van der Waals surface area contributed by atoms with Gasteiger partial charge in [-0.25, -0.2) is 0 Å². The van der Waals surface area contributed by atoms with Crippen LogP contribution in [0.5, 0.6) is 0 Å². The molecule has 0 unspecified atom stereocenters. The fraction of sp³-hybridized carbons (Fsp3) is 0.277.